The van der Waals surface area contributed by atoms with E-state index in [9.17, 15) is 9.59 Å². The summed E-state index contributed by atoms with van der Waals surface area (Å²) in [6, 6.07) is 13.0. The summed E-state index contributed by atoms with van der Waals surface area (Å²) in [5.41, 5.74) is 1.67. The molecule has 0 N–H and O–H groups in total. The monoisotopic (exact) mass is 422 g/mol. The number of carbonyl (C=O) groups excluding carboxylic acids is 2. The zero-order valence-corrected chi connectivity index (χ0v) is 16.8. The van der Waals surface area contributed by atoms with Crippen molar-refractivity contribution in [2.75, 3.05) is 7.11 Å². The van der Waals surface area contributed by atoms with Crippen molar-refractivity contribution in [3.63, 3.8) is 0 Å². The van der Waals surface area contributed by atoms with E-state index < -0.39 is 5.97 Å². The lowest BCUT2D eigenvalue weighted by Crippen LogP contribution is -2.22. The molecule has 0 fully saturated rings. The van der Waals surface area contributed by atoms with Gasteiger partial charge in [-0.3, -0.25) is 9.59 Å². The number of amides is 1. The molecular formula is C19H16Cl2N2O3S. The van der Waals surface area contributed by atoms with Crippen LogP contribution in [0.1, 0.15) is 12.0 Å². The van der Waals surface area contributed by atoms with Crippen molar-refractivity contribution in [3.8, 4) is 0 Å². The molecule has 3 aromatic rings. The first kappa shape index (κ1) is 19.6. The van der Waals surface area contributed by atoms with E-state index in [4.69, 9.17) is 27.9 Å². The zero-order valence-electron chi connectivity index (χ0n) is 14.4. The Bertz CT molecular complexity index is 1060. The maximum Gasteiger partial charge on any atom is 0.325 e. The number of nitrogens with zero attached hydrogens (tertiary/aromatic N) is 2. The zero-order chi connectivity index (χ0) is 19.4. The molecule has 0 unspecified atom stereocenters. The van der Waals surface area contributed by atoms with Crippen molar-refractivity contribution in [3.05, 3.63) is 62.9 Å². The number of hydrogen-bond donors (Lipinski definition) is 0. The molecule has 27 heavy (non-hydrogen) atoms. The van der Waals surface area contributed by atoms with Crippen LogP contribution in [0, 0.1) is 0 Å². The van der Waals surface area contributed by atoms with E-state index >= 15 is 0 Å². The Kier molecular flexibility index (Phi) is 6.31. The number of methoxy groups -OCH3 is 1. The van der Waals surface area contributed by atoms with Gasteiger partial charge in [-0.05, 0) is 24.1 Å². The van der Waals surface area contributed by atoms with E-state index in [2.05, 4.69) is 4.99 Å². The summed E-state index contributed by atoms with van der Waals surface area (Å²) in [4.78, 5) is 28.8. The summed E-state index contributed by atoms with van der Waals surface area (Å²) in [6.45, 7) is -0.0946. The molecule has 0 bridgehead atoms. The Labute approximate surface area is 169 Å². The average Bonchev–Trinajstić information content (AvgIpc) is 2.97. The van der Waals surface area contributed by atoms with Gasteiger partial charge in [0.25, 0.3) is 0 Å². The topological polar surface area (TPSA) is 60.7 Å². The Morgan fingerprint density at radius 1 is 1.19 bits per heavy atom. The maximum atomic E-state index is 12.4. The summed E-state index contributed by atoms with van der Waals surface area (Å²) in [5.74, 6) is -0.731. The predicted octanol–water partition coefficient (Wildman–Crippen LogP) is 4.24. The van der Waals surface area contributed by atoms with Crippen LogP contribution in [0.5, 0.6) is 0 Å². The van der Waals surface area contributed by atoms with Crippen molar-refractivity contribution in [2.45, 2.75) is 19.4 Å². The quantitative estimate of drug-likeness (QED) is 0.577. The third kappa shape index (κ3) is 4.77. The number of rotatable bonds is 5. The Morgan fingerprint density at radius 3 is 2.63 bits per heavy atom. The highest BCUT2D eigenvalue weighted by molar-refractivity contribution is 7.16. The summed E-state index contributed by atoms with van der Waals surface area (Å²) < 4.78 is 7.08. The van der Waals surface area contributed by atoms with Gasteiger partial charge in [0.1, 0.15) is 6.54 Å². The lowest BCUT2D eigenvalue weighted by Gasteiger charge is -2.05. The number of ether oxygens (including phenoxy) is 1. The highest BCUT2D eigenvalue weighted by Crippen LogP contribution is 2.29. The smallest absolute Gasteiger partial charge is 0.325 e. The first-order chi connectivity index (χ1) is 13.0. The van der Waals surface area contributed by atoms with Gasteiger partial charge >= 0.3 is 5.97 Å². The standard InChI is InChI=1S/C19H16Cl2N2O3S/c1-26-17(25)11-23-18-14(21)9-13(20)10-15(18)27-19(23)22-16(24)8-7-12-5-3-2-4-6-12/h2-6,9-10H,7-8,11H2,1H3. The van der Waals surface area contributed by atoms with Crippen LogP contribution in [0.4, 0.5) is 0 Å². The van der Waals surface area contributed by atoms with E-state index in [0.29, 0.717) is 26.8 Å². The molecule has 2 aromatic carbocycles. The minimum atomic E-state index is -0.459. The highest BCUT2D eigenvalue weighted by atomic mass is 35.5. The second-order valence-corrected chi connectivity index (χ2v) is 7.63. The summed E-state index contributed by atoms with van der Waals surface area (Å²) in [7, 11) is 1.30. The maximum absolute atomic E-state index is 12.4. The van der Waals surface area contributed by atoms with Crippen molar-refractivity contribution in [1.29, 1.82) is 0 Å². The molecule has 140 valence electrons. The molecule has 0 spiro atoms. The molecule has 0 aliphatic rings. The second-order valence-electron chi connectivity index (χ2n) is 5.77. The Morgan fingerprint density at radius 2 is 1.93 bits per heavy atom. The van der Waals surface area contributed by atoms with Crippen molar-refractivity contribution in [1.82, 2.24) is 4.57 Å². The predicted molar refractivity (Wildman–Crippen MR) is 107 cm³/mol. The normalized spacial score (nSPS) is 11.7. The van der Waals surface area contributed by atoms with Crippen LogP contribution in [-0.4, -0.2) is 23.6 Å². The molecule has 1 heterocycles. The van der Waals surface area contributed by atoms with Gasteiger partial charge in [-0.25, -0.2) is 0 Å². The molecule has 0 saturated carbocycles. The second kappa shape index (κ2) is 8.69. The van der Waals surface area contributed by atoms with Gasteiger partial charge in [0.15, 0.2) is 4.80 Å². The number of thiazole rings is 1. The summed E-state index contributed by atoms with van der Waals surface area (Å²) in [6.07, 6.45) is 0.864. The van der Waals surface area contributed by atoms with Gasteiger partial charge < -0.3 is 9.30 Å². The molecule has 0 radical (unpaired) electrons. The van der Waals surface area contributed by atoms with Crippen LogP contribution >= 0.6 is 34.5 Å². The van der Waals surface area contributed by atoms with Crippen molar-refractivity contribution in [2.24, 2.45) is 4.99 Å². The first-order valence-corrected chi connectivity index (χ1v) is 9.72. The van der Waals surface area contributed by atoms with Gasteiger partial charge in [-0.2, -0.15) is 4.99 Å². The molecule has 0 aliphatic carbocycles. The third-order valence-electron chi connectivity index (χ3n) is 3.90. The van der Waals surface area contributed by atoms with E-state index in [1.807, 2.05) is 30.3 Å². The van der Waals surface area contributed by atoms with E-state index in [1.165, 1.54) is 18.4 Å². The Balaban J connectivity index is 1.97. The molecule has 0 aliphatic heterocycles. The fourth-order valence-corrected chi connectivity index (χ4v) is 4.44. The van der Waals surface area contributed by atoms with Gasteiger partial charge in [0, 0.05) is 11.4 Å². The lowest BCUT2D eigenvalue weighted by molar-refractivity contribution is -0.141. The fraction of sp³-hybridized carbons (Fsp3) is 0.211. The van der Waals surface area contributed by atoms with Crippen LogP contribution < -0.4 is 4.80 Å². The van der Waals surface area contributed by atoms with Crippen molar-refractivity contribution >= 4 is 56.6 Å². The molecule has 1 amide bonds. The average molecular weight is 423 g/mol. The van der Waals surface area contributed by atoms with Crippen LogP contribution in [0.25, 0.3) is 10.2 Å². The summed E-state index contributed by atoms with van der Waals surface area (Å²) >= 11 is 13.6. The van der Waals surface area contributed by atoms with Crippen LogP contribution in [0.3, 0.4) is 0 Å². The van der Waals surface area contributed by atoms with Gasteiger partial charge in [0.05, 0.1) is 22.3 Å². The number of aromatic nitrogens is 1. The van der Waals surface area contributed by atoms with Gasteiger partial charge in [-0.1, -0.05) is 64.9 Å². The minimum Gasteiger partial charge on any atom is -0.468 e. The highest BCUT2D eigenvalue weighted by Gasteiger charge is 2.15. The lowest BCUT2D eigenvalue weighted by atomic mass is 10.1. The molecule has 0 saturated heterocycles. The molecule has 3 rings (SSSR count). The summed E-state index contributed by atoms with van der Waals surface area (Å²) in [5, 5.41) is 0.858. The van der Waals surface area contributed by atoms with E-state index in [1.54, 1.807) is 16.7 Å². The minimum absolute atomic E-state index is 0.0946. The van der Waals surface area contributed by atoms with Crippen LogP contribution in [0.15, 0.2) is 47.5 Å². The number of fused-ring (bicyclic) bond motifs is 1. The molecule has 0 atom stereocenters. The number of benzene rings is 2. The number of carbonyl (C=O) groups is 2. The largest absolute Gasteiger partial charge is 0.468 e. The van der Waals surface area contributed by atoms with Gasteiger partial charge in [0.2, 0.25) is 5.91 Å². The molecule has 1 aromatic heterocycles. The number of esters is 1. The van der Waals surface area contributed by atoms with Crippen LogP contribution in [0.2, 0.25) is 10.0 Å². The molecular weight excluding hydrogens is 407 g/mol. The fourth-order valence-electron chi connectivity index (χ4n) is 2.61. The molecule has 5 nitrogen and oxygen atoms in total. The third-order valence-corrected chi connectivity index (χ3v) is 5.43. The van der Waals surface area contributed by atoms with Gasteiger partial charge in [-0.15, -0.1) is 0 Å². The van der Waals surface area contributed by atoms with Crippen LogP contribution in [-0.2, 0) is 27.3 Å². The Hall–Kier alpha value is -2.15. The van der Waals surface area contributed by atoms with Crippen molar-refractivity contribution < 1.29 is 14.3 Å². The first-order valence-electron chi connectivity index (χ1n) is 8.14. The van der Waals surface area contributed by atoms with E-state index in [-0.39, 0.29) is 18.9 Å². The number of halogens is 2. The number of hydrogen-bond acceptors (Lipinski definition) is 4. The number of aryl methyl sites for hydroxylation is 1. The van der Waals surface area contributed by atoms with E-state index in [0.717, 1.165) is 10.3 Å². The SMILES string of the molecule is COC(=O)Cn1c(=NC(=O)CCc2ccccc2)sc2cc(Cl)cc(Cl)c21. The molecule has 8 heteroatoms.